The van der Waals surface area contributed by atoms with E-state index in [2.05, 4.69) is 4.90 Å². The lowest BCUT2D eigenvalue weighted by molar-refractivity contribution is 0.0433. The number of rotatable bonds is 5. The van der Waals surface area contributed by atoms with E-state index in [1.165, 1.54) is 25.9 Å². The van der Waals surface area contributed by atoms with Crippen LogP contribution in [0.25, 0.3) is 22.1 Å². The van der Waals surface area contributed by atoms with Crippen LogP contribution in [0.15, 0.2) is 52.9 Å². The summed E-state index contributed by atoms with van der Waals surface area (Å²) in [6.07, 6.45) is 2.93. The first-order valence-corrected chi connectivity index (χ1v) is 10.2. The van der Waals surface area contributed by atoms with Crippen LogP contribution in [0.4, 0.5) is 0 Å². The lowest BCUT2D eigenvalue weighted by Gasteiger charge is -2.44. The number of ketones is 1. The number of piperidine rings is 3. The van der Waals surface area contributed by atoms with Crippen molar-refractivity contribution in [3.05, 3.63) is 59.9 Å². The number of carbonyl (C=O) groups is 2. The highest BCUT2D eigenvalue weighted by molar-refractivity contribution is 6.01. The minimum Gasteiger partial charge on any atom is -0.478 e. The summed E-state index contributed by atoms with van der Waals surface area (Å²) in [7, 11) is 0. The monoisotopic (exact) mass is 389 g/mol. The van der Waals surface area contributed by atoms with E-state index in [4.69, 9.17) is 4.42 Å². The van der Waals surface area contributed by atoms with Gasteiger partial charge in [-0.3, -0.25) is 4.79 Å². The van der Waals surface area contributed by atoms with Crippen molar-refractivity contribution < 1.29 is 19.1 Å². The van der Waals surface area contributed by atoms with Crippen LogP contribution in [0, 0.1) is 11.8 Å². The average molecular weight is 389 g/mol. The maximum Gasteiger partial charge on any atom is 0.335 e. The van der Waals surface area contributed by atoms with Gasteiger partial charge in [0, 0.05) is 23.9 Å². The molecule has 0 aliphatic carbocycles. The molecule has 1 aromatic heterocycles. The molecule has 2 aromatic carbocycles. The standard InChI is InChI=1S/C24H23NO4/c26-21(12-19-14-25-9-7-15(19)8-10-25)22-13-17-4-2-6-20(23(17)29-22)16-3-1-5-18(11-16)24(27)28/h1-6,11,13,15,19H,7-10,12,14H2,(H,27,28)/t19-/m1/s1. The molecular formula is C24H23NO4. The Morgan fingerprint density at radius 1 is 1.07 bits per heavy atom. The zero-order valence-electron chi connectivity index (χ0n) is 16.1. The molecule has 1 atom stereocenters. The van der Waals surface area contributed by atoms with Gasteiger partial charge >= 0.3 is 5.97 Å². The first-order valence-electron chi connectivity index (χ1n) is 10.2. The van der Waals surface area contributed by atoms with E-state index >= 15 is 0 Å². The summed E-state index contributed by atoms with van der Waals surface area (Å²) in [5, 5.41) is 10.1. The molecule has 1 N–H and O–H groups in total. The number of carbonyl (C=O) groups excluding carboxylic acids is 1. The number of nitrogens with zero attached hydrogens (tertiary/aromatic N) is 1. The van der Waals surface area contributed by atoms with Crippen LogP contribution in [-0.2, 0) is 0 Å². The van der Waals surface area contributed by atoms with Gasteiger partial charge in [-0.1, -0.05) is 30.3 Å². The topological polar surface area (TPSA) is 70.8 Å². The van der Waals surface area contributed by atoms with Crippen LogP contribution < -0.4 is 0 Å². The summed E-state index contributed by atoms with van der Waals surface area (Å²) in [6, 6.07) is 14.3. The average Bonchev–Trinajstić information content (AvgIpc) is 3.19. The van der Waals surface area contributed by atoms with E-state index in [1.54, 1.807) is 18.2 Å². The number of hydrogen-bond donors (Lipinski definition) is 1. The predicted molar refractivity (Wildman–Crippen MR) is 110 cm³/mol. The summed E-state index contributed by atoms with van der Waals surface area (Å²) in [4.78, 5) is 26.7. The van der Waals surface area contributed by atoms with Gasteiger partial charge in [0.2, 0.25) is 0 Å². The van der Waals surface area contributed by atoms with Crippen molar-refractivity contribution in [3.8, 4) is 11.1 Å². The Morgan fingerprint density at radius 3 is 2.59 bits per heavy atom. The molecule has 0 saturated carbocycles. The van der Waals surface area contributed by atoms with Crippen molar-refractivity contribution in [1.82, 2.24) is 4.90 Å². The maximum atomic E-state index is 13.0. The van der Waals surface area contributed by atoms with Crippen LogP contribution in [0.2, 0.25) is 0 Å². The van der Waals surface area contributed by atoms with Gasteiger partial charge in [0.15, 0.2) is 11.5 Å². The molecule has 0 spiro atoms. The van der Waals surface area contributed by atoms with Crippen molar-refractivity contribution in [3.63, 3.8) is 0 Å². The van der Waals surface area contributed by atoms with Crippen molar-refractivity contribution in [2.24, 2.45) is 11.8 Å². The second-order valence-corrected chi connectivity index (χ2v) is 8.25. The van der Waals surface area contributed by atoms with E-state index in [-0.39, 0.29) is 11.3 Å². The maximum absolute atomic E-state index is 13.0. The van der Waals surface area contributed by atoms with Gasteiger partial charge in [0.1, 0.15) is 5.58 Å². The SMILES string of the molecule is O=C(O)c1cccc(-c2cccc3cc(C(=O)C[C@@H]4CN5CCC4CC5)oc23)c1. The molecule has 148 valence electrons. The molecule has 0 amide bonds. The van der Waals surface area contributed by atoms with Crippen LogP contribution in [0.3, 0.4) is 0 Å². The minimum atomic E-state index is -0.966. The highest BCUT2D eigenvalue weighted by atomic mass is 16.4. The van der Waals surface area contributed by atoms with E-state index in [1.807, 2.05) is 30.3 Å². The molecule has 6 rings (SSSR count). The summed E-state index contributed by atoms with van der Waals surface area (Å²) in [6.45, 7) is 3.35. The summed E-state index contributed by atoms with van der Waals surface area (Å²) in [5.41, 5.74) is 2.42. The first kappa shape index (κ1) is 18.1. The highest BCUT2D eigenvalue weighted by Crippen LogP contribution is 2.36. The minimum absolute atomic E-state index is 0.0604. The quantitative estimate of drug-likeness (QED) is 0.640. The van der Waals surface area contributed by atoms with E-state index < -0.39 is 5.97 Å². The molecule has 2 bridgehead atoms. The summed E-state index contributed by atoms with van der Waals surface area (Å²) >= 11 is 0. The number of fused-ring (bicyclic) bond motifs is 4. The van der Waals surface area contributed by atoms with Crippen molar-refractivity contribution >= 4 is 22.7 Å². The summed E-state index contributed by atoms with van der Waals surface area (Å²) < 4.78 is 6.03. The highest BCUT2D eigenvalue weighted by Gasteiger charge is 2.35. The van der Waals surface area contributed by atoms with E-state index in [0.717, 1.165) is 23.1 Å². The zero-order chi connectivity index (χ0) is 20.0. The molecule has 3 aliphatic heterocycles. The molecule has 5 nitrogen and oxygen atoms in total. The molecule has 3 saturated heterocycles. The molecule has 3 aliphatic rings. The largest absolute Gasteiger partial charge is 0.478 e. The van der Waals surface area contributed by atoms with Gasteiger partial charge in [-0.25, -0.2) is 4.79 Å². The molecule has 3 aromatic rings. The third kappa shape index (κ3) is 3.36. The van der Waals surface area contributed by atoms with Gasteiger partial charge < -0.3 is 14.4 Å². The smallest absolute Gasteiger partial charge is 0.335 e. The number of carboxylic acids is 1. The van der Waals surface area contributed by atoms with E-state index in [0.29, 0.717) is 29.6 Å². The van der Waals surface area contributed by atoms with Gasteiger partial charge in [0.05, 0.1) is 5.56 Å². The zero-order valence-corrected chi connectivity index (χ0v) is 16.1. The lowest BCUT2D eigenvalue weighted by atomic mass is 9.76. The van der Waals surface area contributed by atoms with E-state index in [9.17, 15) is 14.7 Å². The van der Waals surface area contributed by atoms with Gasteiger partial charge in [-0.05, 0) is 61.5 Å². The Balaban J connectivity index is 1.45. The number of carboxylic acid groups (broad SMARTS) is 1. The molecule has 29 heavy (non-hydrogen) atoms. The van der Waals surface area contributed by atoms with Gasteiger partial charge in [-0.15, -0.1) is 0 Å². The van der Waals surface area contributed by atoms with Gasteiger partial charge in [0.25, 0.3) is 0 Å². The Labute approximate surface area is 168 Å². The number of para-hydroxylation sites is 1. The third-order valence-corrected chi connectivity index (χ3v) is 6.48. The molecule has 3 fully saturated rings. The second kappa shape index (κ2) is 7.16. The van der Waals surface area contributed by atoms with Gasteiger partial charge in [-0.2, -0.15) is 0 Å². The number of aromatic carboxylic acids is 1. The first-order chi connectivity index (χ1) is 14.1. The van der Waals surface area contributed by atoms with Crippen LogP contribution in [0.1, 0.15) is 40.2 Å². The normalized spacial score (nSPS) is 23.4. The Bertz CT molecular complexity index is 1090. The van der Waals surface area contributed by atoms with Crippen molar-refractivity contribution in [1.29, 1.82) is 0 Å². The van der Waals surface area contributed by atoms with Crippen molar-refractivity contribution in [2.45, 2.75) is 19.3 Å². The van der Waals surface area contributed by atoms with Crippen molar-refractivity contribution in [2.75, 3.05) is 19.6 Å². The molecule has 5 heteroatoms. The molecule has 4 heterocycles. The predicted octanol–water partition coefficient (Wildman–Crippen LogP) is 4.71. The number of benzene rings is 2. The molecule has 0 radical (unpaired) electrons. The fourth-order valence-corrected chi connectivity index (χ4v) is 4.91. The van der Waals surface area contributed by atoms with Crippen LogP contribution >= 0.6 is 0 Å². The van der Waals surface area contributed by atoms with Crippen LogP contribution in [0.5, 0.6) is 0 Å². The fourth-order valence-electron chi connectivity index (χ4n) is 4.91. The lowest BCUT2D eigenvalue weighted by Crippen LogP contribution is -2.47. The third-order valence-electron chi connectivity index (χ3n) is 6.48. The summed E-state index contributed by atoms with van der Waals surface area (Å²) in [5.74, 6) is 0.572. The van der Waals surface area contributed by atoms with Crippen LogP contribution in [-0.4, -0.2) is 41.4 Å². The molecular weight excluding hydrogens is 366 g/mol. The Morgan fingerprint density at radius 2 is 1.86 bits per heavy atom. The second-order valence-electron chi connectivity index (χ2n) is 8.25. The Hall–Kier alpha value is -2.92. The fraction of sp³-hybridized carbons (Fsp3) is 0.333. The Kier molecular flexibility index (Phi) is 4.47. The number of furan rings is 1. The number of hydrogen-bond acceptors (Lipinski definition) is 4. The number of Topliss-reactive ketones (excluding diaryl/α,β-unsaturated/α-hetero) is 1. The molecule has 0 unspecified atom stereocenters.